The van der Waals surface area contributed by atoms with E-state index in [0.29, 0.717) is 23.6 Å². The summed E-state index contributed by atoms with van der Waals surface area (Å²) >= 11 is 0. The molecule has 6 nitrogen and oxygen atoms in total. The van der Waals surface area contributed by atoms with Crippen molar-refractivity contribution in [3.8, 4) is 56.6 Å². The Balaban J connectivity index is 1.11. The summed E-state index contributed by atoms with van der Waals surface area (Å²) in [6.45, 7) is 8.15. The first-order valence-electron chi connectivity index (χ1n) is 15.2. The lowest BCUT2D eigenvalue weighted by Gasteiger charge is -2.04. The smallest absolute Gasteiger partial charge is 0.248 e. The number of benzene rings is 4. The van der Waals surface area contributed by atoms with Crippen LogP contribution in [0, 0.1) is 0 Å². The maximum absolute atomic E-state index is 6.02. The number of hydrogen-bond acceptors (Lipinski definition) is 6. The quantitative estimate of drug-likeness (QED) is 0.153. The van der Waals surface area contributed by atoms with Crippen LogP contribution in [0.15, 0.2) is 153 Å². The van der Waals surface area contributed by atoms with Gasteiger partial charge in [0.2, 0.25) is 23.6 Å². The van der Waals surface area contributed by atoms with Crippen molar-refractivity contribution in [1.29, 1.82) is 0 Å². The zero-order valence-electron chi connectivity index (χ0n) is 26.3. The molecule has 0 radical (unpaired) electrons. The number of rotatable bonds is 9. The van der Waals surface area contributed by atoms with Crippen LogP contribution in [0.5, 0.6) is 0 Å². The van der Waals surface area contributed by atoms with Gasteiger partial charge in [-0.15, -0.1) is 20.4 Å². The van der Waals surface area contributed by atoms with Gasteiger partial charge in [-0.1, -0.05) is 97.1 Å². The van der Waals surface area contributed by atoms with Gasteiger partial charge in [-0.3, -0.25) is 0 Å². The van der Waals surface area contributed by atoms with Gasteiger partial charge in [0.15, 0.2) is 0 Å². The summed E-state index contributed by atoms with van der Waals surface area (Å²) < 4.78 is 12.0. The molecule has 46 heavy (non-hydrogen) atoms. The Morgan fingerprint density at radius 1 is 0.457 bits per heavy atom. The van der Waals surface area contributed by atoms with Crippen LogP contribution in [-0.4, -0.2) is 20.4 Å². The van der Waals surface area contributed by atoms with Crippen LogP contribution in [-0.2, 0) is 0 Å². The molecular formula is C40H34N4O2. The third-order valence-electron chi connectivity index (χ3n) is 7.77. The zero-order chi connectivity index (χ0) is 31.9. The SMILES string of the molecule is CC=CC=C(C)C(C)=CC=C(C)c1nnc(-c2ccc(-c3ccc(-c4nnc(-c5ccc(-c6ccccc6)cc5)o4)cc3)cc2)o1. The molecular weight excluding hydrogens is 568 g/mol. The van der Waals surface area contributed by atoms with Crippen molar-refractivity contribution < 1.29 is 8.83 Å². The molecule has 0 saturated heterocycles. The minimum Gasteiger partial charge on any atom is -0.416 e. The van der Waals surface area contributed by atoms with Crippen LogP contribution >= 0.6 is 0 Å². The van der Waals surface area contributed by atoms with Crippen LogP contribution in [0.2, 0.25) is 0 Å². The lowest BCUT2D eigenvalue weighted by molar-refractivity contribution is 0.553. The van der Waals surface area contributed by atoms with Crippen molar-refractivity contribution in [3.05, 3.63) is 151 Å². The fraction of sp³-hybridized carbons (Fsp3) is 0.100. The molecule has 4 aromatic carbocycles. The van der Waals surface area contributed by atoms with Gasteiger partial charge in [-0.2, -0.15) is 0 Å². The first kappa shape index (κ1) is 30.2. The van der Waals surface area contributed by atoms with Crippen LogP contribution in [0.4, 0.5) is 0 Å². The summed E-state index contributed by atoms with van der Waals surface area (Å²) in [6.07, 6.45) is 10.2. The van der Waals surface area contributed by atoms with Gasteiger partial charge in [0.05, 0.1) is 0 Å². The normalized spacial score (nSPS) is 12.7. The van der Waals surface area contributed by atoms with E-state index in [-0.39, 0.29) is 0 Å². The fourth-order valence-electron chi connectivity index (χ4n) is 4.83. The Hall–Kier alpha value is -5.88. The molecule has 0 aliphatic heterocycles. The van der Waals surface area contributed by atoms with Gasteiger partial charge in [-0.05, 0) is 97.5 Å². The average Bonchev–Trinajstić information content (AvgIpc) is 3.82. The lowest BCUT2D eigenvalue weighted by atomic mass is 10.0. The first-order valence-corrected chi connectivity index (χ1v) is 15.2. The lowest BCUT2D eigenvalue weighted by Crippen LogP contribution is -1.82. The van der Waals surface area contributed by atoms with Crippen LogP contribution < -0.4 is 0 Å². The van der Waals surface area contributed by atoms with Crippen molar-refractivity contribution in [3.63, 3.8) is 0 Å². The van der Waals surface area contributed by atoms with E-state index in [0.717, 1.165) is 39.0 Å². The molecule has 0 spiro atoms. The van der Waals surface area contributed by atoms with Gasteiger partial charge in [-0.25, -0.2) is 0 Å². The predicted octanol–water partition coefficient (Wildman–Crippen LogP) is 10.7. The highest BCUT2D eigenvalue weighted by atomic mass is 16.4. The fourth-order valence-corrected chi connectivity index (χ4v) is 4.83. The Kier molecular flexibility index (Phi) is 9.07. The van der Waals surface area contributed by atoms with E-state index in [1.165, 1.54) is 16.7 Å². The third kappa shape index (κ3) is 6.92. The molecule has 0 atom stereocenters. The topological polar surface area (TPSA) is 77.8 Å². The van der Waals surface area contributed by atoms with E-state index in [9.17, 15) is 0 Å². The largest absolute Gasteiger partial charge is 0.416 e. The van der Waals surface area contributed by atoms with Crippen LogP contribution in [0.3, 0.4) is 0 Å². The Morgan fingerprint density at radius 2 is 0.870 bits per heavy atom. The molecule has 2 heterocycles. The van der Waals surface area contributed by atoms with Crippen molar-refractivity contribution in [2.24, 2.45) is 0 Å². The number of allylic oxidation sites excluding steroid dienone is 8. The summed E-state index contributed by atoms with van der Waals surface area (Å²) in [4.78, 5) is 0. The van der Waals surface area contributed by atoms with Crippen molar-refractivity contribution in [2.75, 3.05) is 0 Å². The minimum absolute atomic E-state index is 0.478. The summed E-state index contributed by atoms with van der Waals surface area (Å²) in [7, 11) is 0. The second-order valence-electron chi connectivity index (χ2n) is 11.0. The Morgan fingerprint density at radius 3 is 1.37 bits per heavy atom. The van der Waals surface area contributed by atoms with Gasteiger partial charge < -0.3 is 8.83 Å². The molecule has 0 N–H and O–H groups in total. The van der Waals surface area contributed by atoms with Gasteiger partial charge in [0.25, 0.3) is 0 Å². The molecule has 6 rings (SSSR count). The summed E-state index contributed by atoms with van der Waals surface area (Å²) in [6, 6.07) is 34.6. The highest BCUT2D eigenvalue weighted by Crippen LogP contribution is 2.30. The summed E-state index contributed by atoms with van der Waals surface area (Å²) in [5.41, 5.74) is 10.3. The van der Waals surface area contributed by atoms with Crippen LogP contribution in [0.25, 0.3) is 62.2 Å². The van der Waals surface area contributed by atoms with E-state index < -0.39 is 0 Å². The molecule has 0 saturated carbocycles. The van der Waals surface area contributed by atoms with Crippen molar-refractivity contribution >= 4 is 5.57 Å². The second-order valence-corrected chi connectivity index (χ2v) is 11.0. The minimum atomic E-state index is 0.478. The van der Waals surface area contributed by atoms with E-state index in [1.54, 1.807) is 0 Å². The maximum atomic E-state index is 6.02. The molecule has 0 unspecified atom stereocenters. The van der Waals surface area contributed by atoms with E-state index in [1.807, 2.05) is 111 Å². The van der Waals surface area contributed by atoms with E-state index >= 15 is 0 Å². The molecule has 0 amide bonds. The third-order valence-corrected chi connectivity index (χ3v) is 7.77. The van der Waals surface area contributed by atoms with E-state index in [2.05, 4.69) is 70.7 Å². The van der Waals surface area contributed by atoms with E-state index in [4.69, 9.17) is 8.83 Å². The molecule has 0 fully saturated rings. The van der Waals surface area contributed by atoms with Crippen molar-refractivity contribution in [2.45, 2.75) is 27.7 Å². The number of aromatic nitrogens is 4. The number of nitrogens with zero attached hydrogens (tertiary/aromatic N) is 4. The van der Waals surface area contributed by atoms with Gasteiger partial charge >= 0.3 is 0 Å². The Labute approximate surface area is 269 Å². The van der Waals surface area contributed by atoms with Crippen LogP contribution in [0.1, 0.15) is 33.6 Å². The standard InChI is InChI=1S/C40H34N4O2/c1-5-6-10-27(2)28(3)13-14-29(4)37-41-42-38(45-37)34-23-17-32(18-24-34)33-19-25-36(26-20-33)40-44-43-39(46-40)35-21-15-31(16-22-35)30-11-8-7-9-12-30/h5-26H,1-4H3. The molecule has 0 aliphatic carbocycles. The monoisotopic (exact) mass is 602 g/mol. The molecule has 6 heteroatoms. The molecule has 6 aromatic rings. The highest BCUT2D eigenvalue weighted by Gasteiger charge is 2.13. The van der Waals surface area contributed by atoms with Crippen molar-refractivity contribution in [1.82, 2.24) is 20.4 Å². The highest BCUT2D eigenvalue weighted by molar-refractivity contribution is 5.71. The number of hydrogen-bond donors (Lipinski definition) is 0. The Bertz CT molecular complexity index is 2040. The average molecular weight is 603 g/mol. The molecule has 0 bridgehead atoms. The summed E-state index contributed by atoms with van der Waals surface area (Å²) in [5.74, 6) is 1.95. The first-order chi connectivity index (χ1) is 22.5. The van der Waals surface area contributed by atoms with Gasteiger partial charge in [0.1, 0.15) is 0 Å². The maximum Gasteiger partial charge on any atom is 0.248 e. The molecule has 226 valence electrons. The summed E-state index contributed by atoms with van der Waals surface area (Å²) in [5, 5.41) is 17.1. The molecule has 2 aromatic heterocycles. The van der Waals surface area contributed by atoms with Gasteiger partial charge in [0, 0.05) is 22.3 Å². The zero-order valence-corrected chi connectivity index (χ0v) is 26.3. The molecule has 0 aliphatic rings. The second kappa shape index (κ2) is 13.8. The predicted molar refractivity (Wildman–Crippen MR) is 185 cm³/mol.